The van der Waals surface area contributed by atoms with Gasteiger partial charge in [0, 0.05) is 0 Å². The van der Waals surface area contributed by atoms with Crippen LogP contribution in [0.15, 0.2) is 24.3 Å². The summed E-state index contributed by atoms with van der Waals surface area (Å²) in [6, 6.07) is 5.27. The fourth-order valence-corrected chi connectivity index (χ4v) is 1.65. The SMILES string of the molecule is N[C@@H](Cc1ccc(O)cc1)C(=O)NCP(=O)(O)O. The Kier molecular flexibility index (Phi) is 4.86. The van der Waals surface area contributed by atoms with Crippen molar-refractivity contribution in [2.24, 2.45) is 5.73 Å². The minimum atomic E-state index is -4.27. The van der Waals surface area contributed by atoms with Crippen LogP contribution in [0.4, 0.5) is 0 Å². The molecule has 0 aromatic heterocycles. The number of amides is 1. The number of carbonyl (C=O) groups excluding carboxylic acids is 1. The van der Waals surface area contributed by atoms with Crippen LogP contribution in [0.2, 0.25) is 0 Å². The molecular weight excluding hydrogens is 259 g/mol. The number of nitrogens with one attached hydrogen (secondary N) is 1. The Morgan fingerprint density at radius 3 is 2.39 bits per heavy atom. The molecule has 0 aliphatic rings. The number of rotatable bonds is 5. The number of phenols is 1. The van der Waals surface area contributed by atoms with E-state index >= 15 is 0 Å². The van der Waals surface area contributed by atoms with E-state index < -0.39 is 25.8 Å². The van der Waals surface area contributed by atoms with Gasteiger partial charge < -0.3 is 25.9 Å². The smallest absolute Gasteiger partial charge is 0.344 e. The molecule has 1 rings (SSSR count). The molecule has 0 saturated carbocycles. The summed E-state index contributed by atoms with van der Waals surface area (Å²) >= 11 is 0. The molecule has 0 bridgehead atoms. The highest BCUT2D eigenvalue weighted by Gasteiger charge is 2.18. The molecule has 0 aliphatic heterocycles. The van der Waals surface area contributed by atoms with Gasteiger partial charge in [0.25, 0.3) is 0 Å². The Bertz CT molecular complexity index is 456. The average molecular weight is 274 g/mol. The molecule has 0 radical (unpaired) electrons. The third-order valence-electron chi connectivity index (χ3n) is 2.19. The zero-order valence-electron chi connectivity index (χ0n) is 9.48. The number of nitrogens with two attached hydrogens (primary N) is 1. The van der Waals surface area contributed by atoms with Crippen LogP contribution >= 0.6 is 7.60 Å². The predicted octanol–water partition coefficient (Wildman–Crippen LogP) is -0.487. The summed E-state index contributed by atoms with van der Waals surface area (Å²) in [6.45, 7) is 0. The molecule has 8 heteroatoms. The zero-order valence-corrected chi connectivity index (χ0v) is 10.4. The second-order valence-electron chi connectivity index (χ2n) is 3.84. The quantitative estimate of drug-likeness (QED) is 0.460. The number of hydrogen-bond donors (Lipinski definition) is 5. The lowest BCUT2D eigenvalue weighted by Crippen LogP contribution is -2.42. The highest BCUT2D eigenvalue weighted by Crippen LogP contribution is 2.31. The molecule has 6 N–H and O–H groups in total. The van der Waals surface area contributed by atoms with E-state index in [1.807, 2.05) is 0 Å². The Balaban J connectivity index is 2.49. The van der Waals surface area contributed by atoms with Crippen LogP contribution < -0.4 is 11.1 Å². The second-order valence-corrected chi connectivity index (χ2v) is 5.49. The van der Waals surface area contributed by atoms with Crippen molar-refractivity contribution in [1.82, 2.24) is 5.32 Å². The predicted molar refractivity (Wildman–Crippen MR) is 64.8 cm³/mol. The van der Waals surface area contributed by atoms with Crippen molar-refractivity contribution in [2.75, 3.05) is 6.29 Å². The molecular formula is C10H15N2O5P. The monoisotopic (exact) mass is 274 g/mol. The Hall–Kier alpha value is -1.40. The molecule has 1 amide bonds. The van der Waals surface area contributed by atoms with Crippen molar-refractivity contribution in [3.05, 3.63) is 29.8 Å². The van der Waals surface area contributed by atoms with Crippen molar-refractivity contribution >= 4 is 13.5 Å². The van der Waals surface area contributed by atoms with Crippen LogP contribution in [-0.2, 0) is 15.8 Å². The van der Waals surface area contributed by atoms with E-state index in [9.17, 15) is 9.36 Å². The van der Waals surface area contributed by atoms with Gasteiger partial charge in [0.1, 0.15) is 12.0 Å². The summed E-state index contributed by atoms with van der Waals surface area (Å²) in [6.07, 6.45) is -0.512. The van der Waals surface area contributed by atoms with Gasteiger partial charge in [-0.1, -0.05) is 12.1 Å². The van der Waals surface area contributed by atoms with Gasteiger partial charge in [-0.05, 0) is 24.1 Å². The summed E-state index contributed by atoms with van der Waals surface area (Å²) < 4.78 is 10.6. The van der Waals surface area contributed by atoms with Gasteiger partial charge in [0.05, 0.1) is 6.04 Å². The number of phenolic OH excluding ortho intramolecular Hbond substituents is 1. The van der Waals surface area contributed by atoms with E-state index in [-0.39, 0.29) is 12.2 Å². The van der Waals surface area contributed by atoms with Gasteiger partial charge in [-0.2, -0.15) is 0 Å². The molecule has 0 fully saturated rings. The van der Waals surface area contributed by atoms with Gasteiger partial charge in [-0.15, -0.1) is 0 Å². The van der Waals surface area contributed by atoms with Crippen molar-refractivity contribution < 1.29 is 24.3 Å². The topological polar surface area (TPSA) is 133 Å². The molecule has 18 heavy (non-hydrogen) atoms. The largest absolute Gasteiger partial charge is 0.508 e. The number of hydrogen-bond acceptors (Lipinski definition) is 4. The van der Waals surface area contributed by atoms with E-state index in [4.69, 9.17) is 20.6 Å². The summed E-state index contributed by atoms with van der Waals surface area (Å²) in [5.74, 6) is -0.523. The van der Waals surface area contributed by atoms with Crippen LogP contribution in [0.25, 0.3) is 0 Å². The van der Waals surface area contributed by atoms with Crippen molar-refractivity contribution in [2.45, 2.75) is 12.5 Å². The minimum Gasteiger partial charge on any atom is -0.508 e. The average Bonchev–Trinajstić information content (AvgIpc) is 2.28. The third kappa shape index (κ3) is 5.29. The maximum atomic E-state index is 11.4. The zero-order chi connectivity index (χ0) is 13.8. The number of benzene rings is 1. The fraction of sp³-hybridized carbons (Fsp3) is 0.300. The standard InChI is InChI=1S/C10H15N2O5P/c11-9(10(14)12-6-18(15,16)17)5-7-1-3-8(13)4-2-7/h1-4,9,13H,5-6,11H2,(H,12,14)(H2,15,16,17)/t9-/m0/s1. The lowest BCUT2D eigenvalue weighted by atomic mass is 10.1. The van der Waals surface area contributed by atoms with Crippen molar-refractivity contribution in [3.8, 4) is 5.75 Å². The van der Waals surface area contributed by atoms with Gasteiger partial charge in [0.15, 0.2) is 0 Å². The first-order valence-electron chi connectivity index (χ1n) is 5.14. The van der Waals surface area contributed by atoms with E-state index in [2.05, 4.69) is 5.32 Å². The first kappa shape index (κ1) is 14.7. The summed E-state index contributed by atoms with van der Waals surface area (Å²) in [5, 5.41) is 11.2. The number of aromatic hydroxyl groups is 1. The third-order valence-corrected chi connectivity index (χ3v) is 2.76. The maximum Gasteiger partial charge on any atom is 0.344 e. The highest BCUT2D eigenvalue weighted by atomic mass is 31.2. The minimum absolute atomic E-state index is 0.110. The lowest BCUT2D eigenvalue weighted by molar-refractivity contribution is -0.122. The van der Waals surface area contributed by atoms with Crippen LogP contribution in [0.5, 0.6) is 5.75 Å². The number of carbonyl (C=O) groups is 1. The molecule has 0 saturated heterocycles. The Labute approximate surface area is 104 Å². The summed E-state index contributed by atoms with van der Waals surface area (Å²) in [7, 11) is -4.27. The highest BCUT2D eigenvalue weighted by molar-refractivity contribution is 7.51. The first-order chi connectivity index (χ1) is 8.28. The Morgan fingerprint density at radius 2 is 1.89 bits per heavy atom. The molecule has 1 aromatic carbocycles. The van der Waals surface area contributed by atoms with Crippen LogP contribution in [0.1, 0.15) is 5.56 Å². The van der Waals surface area contributed by atoms with Gasteiger partial charge >= 0.3 is 7.60 Å². The van der Waals surface area contributed by atoms with Gasteiger partial charge in [-0.3, -0.25) is 9.36 Å². The van der Waals surface area contributed by atoms with Gasteiger partial charge in [-0.25, -0.2) is 0 Å². The van der Waals surface area contributed by atoms with Crippen LogP contribution in [0.3, 0.4) is 0 Å². The maximum absolute atomic E-state index is 11.4. The van der Waals surface area contributed by atoms with E-state index in [1.54, 1.807) is 12.1 Å². The van der Waals surface area contributed by atoms with E-state index in [0.717, 1.165) is 5.56 Å². The molecule has 100 valence electrons. The lowest BCUT2D eigenvalue weighted by Gasteiger charge is -2.12. The second kappa shape index (κ2) is 5.97. The van der Waals surface area contributed by atoms with Crippen molar-refractivity contribution in [3.63, 3.8) is 0 Å². The fourth-order valence-electron chi connectivity index (χ4n) is 1.29. The molecule has 0 aliphatic carbocycles. The molecule has 1 aromatic rings. The Morgan fingerprint density at radius 1 is 1.33 bits per heavy atom. The van der Waals surface area contributed by atoms with Gasteiger partial charge in [0.2, 0.25) is 5.91 Å². The summed E-state index contributed by atoms with van der Waals surface area (Å²) in [4.78, 5) is 28.6. The van der Waals surface area contributed by atoms with E-state index in [1.165, 1.54) is 12.1 Å². The molecule has 0 spiro atoms. The van der Waals surface area contributed by atoms with Crippen molar-refractivity contribution in [1.29, 1.82) is 0 Å². The molecule has 0 heterocycles. The molecule has 0 unspecified atom stereocenters. The normalized spacial score (nSPS) is 13.1. The molecule has 7 nitrogen and oxygen atoms in total. The molecule has 1 atom stereocenters. The first-order valence-corrected chi connectivity index (χ1v) is 6.93. The van der Waals surface area contributed by atoms with Crippen LogP contribution in [-0.4, -0.2) is 33.1 Å². The van der Waals surface area contributed by atoms with E-state index in [0.29, 0.717) is 0 Å². The van der Waals surface area contributed by atoms with Crippen LogP contribution in [0, 0.1) is 0 Å². The summed E-state index contributed by atoms with van der Waals surface area (Å²) in [5.41, 5.74) is 6.33.